The van der Waals surface area contributed by atoms with E-state index in [0.29, 0.717) is 12.2 Å². The number of benzene rings is 2. The molecule has 4 heteroatoms. The maximum atomic E-state index is 8.93. The average molecular weight is 313 g/mol. The molecule has 0 bridgehead atoms. The van der Waals surface area contributed by atoms with Crippen molar-refractivity contribution in [1.29, 1.82) is 5.26 Å². The molecule has 0 amide bonds. The average Bonchev–Trinajstić information content (AvgIpc) is 3.18. The predicted octanol–water partition coefficient (Wildman–Crippen LogP) is 4.08. The number of rotatable bonds is 4. The van der Waals surface area contributed by atoms with E-state index in [-0.39, 0.29) is 0 Å². The number of hydrogen-bond donors (Lipinski definition) is 1. The highest BCUT2D eigenvalue weighted by Gasteiger charge is 2.25. The first-order valence-corrected chi connectivity index (χ1v) is 7.75. The molecule has 3 aromatic rings. The molecule has 0 saturated heterocycles. The van der Waals surface area contributed by atoms with Gasteiger partial charge in [0.1, 0.15) is 12.4 Å². The van der Waals surface area contributed by atoms with Crippen LogP contribution < -0.4 is 4.74 Å². The topological polar surface area (TPSA) is 61.7 Å². The third-order valence-electron chi connectivity index (χ3n) is 4.24. The highest BCUT2D eigenvalue weighted by Crippen LogP contribution is 2.41. The highest BCUT2D eigenvalue weighted by atomic mass is 16.5. The summed E-state index contributed by atoms with van der Waals surface area (Å²) in [4.78, 5) is 0. The molecule has 0 radical (unpaired) electrons. The van der Waals surface area contributed by atoms with Crippen LogP contribution in [0.5, 0.6) is 5.75 Å². The van der Waals surface area contributed by atoms with Crippen molar-refractivity contribution in [2.75, 3.05) is 6.61 Å². The minimum Gasteiger partial charge on any atom is -0.490 e. The van der Waals surface area contributed by atoms with E-state index in [9.17, 15) is 0 Å². The maximum Gasteiger partial charge on any atom is 0.120 e. The van der Waals surface area contributed by atoms with Gasteiger partial charge in [0.2, 0.25) is 0 Å². The first-order valence-electron chi connectivity index (χ1n) is 7.75. The lowest BCUT2D eigenvalue weighted by Gasteiger charge is -2.06. The summed E-state index contributed by atoms with van der Waals surface area (Å²) in [7, 11) is 0. The third-order valence-corrected chi connectivity index (χ3v) is 4.24. The molecule has 1 N–H and O–H groups in total. The van der Waals surface area contributed by atoms with Crippen molar-refractivity contribution in [3.05, 3.63) is 71.8 Å². The monoisotopic (exact) mass is 313 g/mol. The molecule has 1 aliphatic carbocycles. The first kappa shape index (κ1) is 14.3. The summed E-state index contributed by atoms with van der Waals surface area (Å²) in [5.74, 6) is 0.853. The van der Waals surface area contributed by atoms with Crippen LogP contribution in [0, 0.1) is 11.3 Å². The maximum absolute atomic E-state index is 8.93. The molecule has 4 nitrogen and oxygen atoms in total. The van der Waals surface area contributed by atoms with Crippen LogP contribution in [0.25, 0.3) is 22.5 Å². The lowest BCUT2D eigenvalue weighted by Crippen LogP contribution is -1.94. The van der Waals surface area contributed by atoms with E-state index in [1.807, 2.05) is 30.3 Å². The van der Waals surface area contributed by atoms with E-state index in [4.69, 9.17) is 10.00 Å². The Morgan fingerprint density at radius 3 is 2.83 bits per heavy atom. The van der Waals surface area contributed by atoms with E-state index in [0.717, 1.165) is 29.1 Å². The van der Waals surface area contributed by atoms with Crippen molar-refractivity contribution >= 4 is 0 Å². The zero-order valence-corrected chi connectivity index (χ0v) is 13.0. The molecule has 116 valence electrons. The van der Waals surface area contributed by atoms with Gasteiger partial charge in [-0.1, -0.05) is 24.8 Å². The molecule has 0 unspecified atom stereocenters. The van der Waals surface area contributed by atoms with Gasteiger partial charge in [0.15, 0.2) is 0 Å². The Labute approximate surface area is 140 Å². The Balaban J connectivity index is 1.69. The molecular formula is C20H15N3O. The smallest absolute Gasteiger partial charge is 0.120 e. The number of hydrogen-bond acceptors (Lipinski definition) is 3. The number of H-pyrrole nitrogens is 1. The van der Waals surface area contributed by atoms with E-state index >= 15 is 0 Å². The summed E-state index contributed by atoms with van der Waals surface area (Å²) >= 11 is 0. The van der Waals surface area contributed by atoms with Crippen LogP contribution in [0.4, 0.5) is 0 Å². The minimum atomic E-state index is 0.502. The van der Waals surface area contributed by atoms with Crippen LogP contribution >= 0.6 is 0 Å². The summed E-state index contributed by atoms with van der Waals surface area (Å²) in [6, 6.07) is 15.8. The van der Waals surface area contributed by atoms with Crippen molar-refractivity contribution in [3.8, 4) is 34.3 Å². The zero-order chi connectivity index (χ0) is 16.5. The molecule has 1 aliphatic rings. The standard InChI is InChI=1S/C20H15N3O/c1-2-9-24-16-7-8-17-15(10-16)11-18-19(22-23-20(17)18)14-5-3-13(12-21)4-6-14/h2-8,10H,1,9,11H2,(H,22,23). The molecule has 4 rings (SSSR count). The fourth-order valence-corrected chi connectivity index (χ4v) is 3.10. The Hall–Kier alpha value is -3.32. The van der Waals surface area contributed by atoms with Gasteiger partial charge in [-0.15, -0.1) is 0 Å². The Morgan fingerprint density at radius 1 is 1.25 bits per heavy atom. The fraction of sp³-hybridized carbons (Fsp3) is 0.100. The van der Waals surface area contributed by atoms with E-state index in [1.54, 1.807) is 6.08 Å². The Morgan fingerprint density at radius 2 is 2.08 bits per heavy atom. The van der Waals surface area contributed by atoms with Crippen LogP contribution in [0.2, 0.25) is 0 Å². The number of ether oxygens (including phenoxy) is 1. The van der Waals surface area contributed by atoms with E-state index < -0.39 is 0 Å². The molecule has 2 aromatic carbocycles. The van der Waals surface area contributed by atoms with Gasteiger partial charge in [-0.25, -0.2) is 0 Å². The predicted molar refractivity (Wildman–Crippen MR) is 92.7 cm³/mol. The van der Waals surface area contributed by atoms with Gasteiger partial charge < -0.3 is 4.74 Å². The number of nitriles is 1. The Kier molecular flexibility index (Phi) is 3.40. The third kappa shape index (κ3) is 2.27. The molecule has 0 fully saturated rings. The lowest BCUT2D eigenvalue weighted by molar-refractivity contribution is 0.363. The van der Waals surface area contributed by atoms with Crippen molar-refractivity contribution in [3.63, 3.8) is 0 Å². The number of aromatic amines is 1. The van der Waals surface area contributed by atoms with Crippen molar-refractivity contribution in [2.45, 2.75) is 6.42 Å². The minimum absolute atomic E-state index is 0.502. The van der Waals surface area contributed by atoms with Crippen LogP contribution in [0.1, 0.15) is 16.7 Å². The number of aromatic nitrogens is 2. The van der Waals surface area contributed by atoms with Crippen molar-refractivity contribution in [2.24, 2.45) is 0 Å². The van der Waals surface area contributed by atoms with Gasteiger partial charge in [-0.05, 0) is 35.9 Å². The van der Waals surface area contributed by atoms with Crippen LogP contribution in [0.15, 0.2) is 55.1 Å². The van der Waals surface area contributed by atoms with Gasteiger partial charge >= 0.3 is 0 Å². The number of nitrogens with one attached hydrogen (secondary N) is 1. The van der Waals surface area contributed by atoms with Crippen LogP contribution in [-0.4, -0.2) is 16.8 Å². The summed E-state index contributed by atoms with van der Waals surface area (Å²) in [6.07, 6.45) is 2.56. The van der Waals surface area contributed by atoms with Gasteiger partial charge in [0.25, 0.3) is 0 Å². The quantitative estimate of drug-likeness (QED) is 0.577. The molecule has 1 aromatic heterocycles. The van der Waals surface area contributed by atoms with Gasteiger partial charge in [-0.2, -0.15) is 10.4 Å². The number of fused-ring (bicyclic) bond motifs is 3. The summed E-state index contributed by atoms with van der Waals surface area (Å²) in [5.41, 5.74) is 7.27. The second-order valence-corrected chi connectivity index (χ2v) is 5.71. The summed E-state index contributed by atoms with van der Waals surface area (Å²) < 4.78 is 5.62. The lowest BCUT2D eigenvalue weighted by atomic mass is 10.0. The first-order chi connectivity index (χ1) is 11.8. The molecule has 0 saturated carbocycles. The molecule has 24 heavy (non-hydrogen) atoms. The van der Waals surface area contributed by atoms with Crippen molar-refractivity contribution in [1.82, 2.24) is 10.2 Å². The zero-order valence-electron chi connectivity index (χ0n) is 13.0. The fourth-order valence-electron chi connectivity index (χ4n) is 3.10. The summed E-state index contributed by atoms with van der Waals surface area (Å²) in [6.45, 7) is 4.17. The Bertz CT molecular complexity index is 962. The summed E-state index contributed by atoms with van der Waals surface area (Å²) in [5, 5.41) is 16.6. The molecule has 1 heterocycles. The van der Waals surface area contributed by atoms with Gasteiger partial charge in [0.05, 0.1) is 23.0 Å². The second kappa shape index (κ2) is 5.71. The highest BCUT2D eigenvalue weighted by molar-refractivity contribution is 5.81. The molecular weight excluding hydrogens is 298 g/mol. The van der Waals surface area contributed by atoms with Gasteiger partial charge in [0, 0.05) is 23.1 Å². The number of nitrogens with zero attached hydrogens (tertiary/aromatic N) is 2. The molecule has 0 aliphatic heterocycles. The van der Waals surface area contributed by atoms with Crippen molar-refractivity contribution < 1.29 is 4.74 Å². The van der Waals surface area contributed by atoms with E-state index in [2.05, 4.69) is 35.0 Å². The second-order valence-electron chi connectivity index (χ2n) is 5.71. The van der Waals surface area contributed by atoms with Crippen LogP contribution in [0.3, 0.4) is 0 Å². The largest absolute Gasteiger partial charge is 0.490 e. The molecule has 0 atom stereocenters. The SMILES string of the molecule is C=CCOc1ccc2c(c1)Cc1c(-c3ccc(C#N)cc3)n[nH]c1-2. The van der Waals surface area contributed by atoms with Crippen LogP contribution in [-0.2, 0) is 6.42 Å². The molecule has 0 spiro atoms. The van der Waals surface area contributed by atoms with E-state index in [1.165, 1.54) is 16.7 Å². The van der Waals surface area contributed by atoms with Gasteiger partial charge in [-0.3, -0.25) is 5.10 Å². The normalized spacial score (nSPS) is 11.5.